The number of rotatable bonds is 14. The largest absolute Gasteiger partial charge is 0.476 e. The van der Waals surface area contributed by atoms with Gasteiger partial charge in [0.2, 0.25) is 5.95 Å². The lowest BCUT2D eigenvalue weighted by atomic mass is 9.24. The van der Waals surface area contributed by atoms with E-state index in [-0.39, 0.29) is 45.3 Å². The van der Waals surface area contributed by atoms with Crippen LogP contribution < -0.4 is 10.2 Å². The third-order valence-electron chi connectivity index (χ3n) is 15.2. The first-order valence-corrected chi connectivity index (χ1v) is 22.5. The van der Waals surface area contributed by atoms with Crippen LogP contribution in [0.25, 0.3) is 22.2 Å². The van der Waals surface area contributed by atoms with Gasteiger partial charge in [0.25, 0.3) is 10.1 Å². The Kier molecular flexibility index (Phi) is 8.66. The second-order valence-electron chi connectivity index (χ2n) is 19.0. The maximum absolute atomic E-state index is 12.9. The normalized spacial score (nSPS) is 28.8. The lowest BCUT2D eigenvalue weighted by Gasteiger charge is -2.82. The van der Waals surface area contributed by atoms with Gasteiger partial charge in [-0.15, -0.1) is 10.2 Å². The van der Waals surface area contributed by atoms with Gasteiger partial charge in [-0.1, -0.05) is 26.0 Å². The number of ether oxygens (including phenoxy) is 1. The summed E-state index contributed by atoms with van der Waals surface area (Å²) in [6.45, 7) is 11.5. The van der Waals surface area contributed by atoms with E-state index in [1.165, 1.54) is 6.42 Å². The number of aromatic amines is 1. The summed E-state index contributed by atoms with van der Waals surface area (Å²) < 4.78 is 40.8. The molecule has 16 nitrogen and oxygen atoms in total. The van der Waals surface area contributed by atoms with Gasteiger partial charge >= 0.3 is 5.97 Å². The molecule has 0 amide bonds. The summed E-state index contributed by atoms with van der Waals surface area (Å²) in [5.74, 6) is 0.941. The first kappa shape index (κ1) is 39.2. The quantitative estimate of drug-likeness (QED) is 0.0905. The Morgan fingerprint density at radius 2 is 1.80 bits per heavy atom. The molecule has 10 rings (SSSR count). The maximum atomic E-state index is 12.9. The summed E-state index contributed by atoms with van der Waals surface area (Å²) in [6.07, 6.45) is 8.70. The monoisotopic (exact) mass is 836 g/mol. The Morgan fingerprint density at radius 1 is 1.00 bits per heavy atom. The second-order valence-corrected chi connectivity index (χ2v) is 20.5. The highest BCUT2D eigenvalue weighted by atomic mass is 32.2. The molecule has 5 atom stereocenters. The highest BCUT2D eigenvalue weighted by Crippen LogP contribution is 2.95. The van der Waals surface area contributed by atoms with E-state index in [0.717, 1.165) is 78.5 Å². The molecule has 5 unspecified atom stereocenters. The van der Waals surface area contributed by atoms with Gasteiger partial charge in [0, 0.05) is 59.5 Å². The van der Waals surface area contributed by atoms with E-state index in [1.54, 1.807) is 6.20 Å². The number of nitrogens with zero attached hydrogens (tertiary/aromatic N) is 8. The number of hydrogen-bond acceptors (Lipinski definition) is 12. The predicted molar refractivity (Wildman–Crippen MR) is 225 cm³/mol. The topological polar surface area (TPSA) is 205 Å². The average molecular weight is 837 g/mol. The molecule has 5 heterocycles. The molecule has 4 aliphatic carbocycles. The minimum atomic E-state index is -4.02. The summed E-state index contributed by atoms with van der Waals surface area (Å²) >= 11 is 0. The van der Waals surface area contributed by atoms with Crippen LogP contribution in [-0.2, 0) is 27.8 Å². The zero-order chi connectivity index (χ0) is 42.0. The number of imidazole rings is 1. The third kappa shape index (κ3) is 5.75. The molecule has 5 aliphatic rings. The number of H-pyrrole nitrogens is 1. The number of para-hydroxylation sites is 2. The molecule has 60 heavy (non-hydrogen) atoms. The highest BCUT2D eigenvalue weighted by molar-refractivity contribution is 7.85. The summed E-state index contributed by atoms with van der Waals surface area (Å²) in [4.78, 5) is 29.5. The minimum absolute atomic E-state index is 0.0199. The van der Waals surface area contributed by atoms with Crippen LogP contribution in [0.4, 0.5) is 23.4 Å². The lowest BCUT2D eigenvalue weighted by molar-refractivity contribution is -0.388. The van der Waals surface area contributed by atoms with Crippen LogP contribution >= 0.6 is 0 Å². The van der Waals surface area contributed by atoms with E-state index in [9.17, 15) is 22.9 Å². The standard InChI is InChI=1S/C43H52N10O6S/c1-26-28-9-8-14-52(36(28)50-49-35(26)48-38-45-31-10-6-7-11-32(31)46-38)33-13-12-29(34(47-33)37(54)55)30-19-44-53(27(30)2)25-41-21-39(3)20-40(4)22-42(23-41,43(39,40)24-41)59-17-15-51(5)16-18-60(56,57)58/h6-7,10-13,19H,8-9,14-18,20-25H2,1-5H3,(H,54,55)(H,56,57,58)(H2,45,46,48,49). The molecule has 0 radical (unpaired) electrons. The molecular weight excluding hydrogens is 785 g/mol. The van der Waals surface area contributed by atoms with Crippen molar-refractivity contribution in [2.24, 2.45) is 21.7 Å². The number of pyridine rings is 1. The van der Waals surface area contributed by atoms with Gasteiger partial charge in [-0.05, 0) is 106 Å². The molecule has 4 fully saturated rings. The summed E-state index contributed by atoms with van der Waals surface area (Å²) in [5, 5.41) is 28.0. The molecule has 1 spiro atoms. The Balaban J connectivity index is 0.885. The number of carboxylic acid groups (broad SMARTS) is 1. The van der Waals surface area contributed by atoms with Gasteiger partial charge in [-0.25, -0.2) is 14.8 Å². The minimum Gasteiger partial charge on any atom is -0.476 e. The van der Waals surface area contributed by atoms with Gasteiger partial charge in [0.1, 0.15) is 5.82 Å². The smallest absolute Gasteiger partial charge is 0.355 e. The van der Waals surface area contributed by atoms with Gasteiger partial charge in [-0.3, -0.25) is 9.23 Å². The van der Waals surface area contributed by atoms with Crippen LogP contribution in [0.3, 0.4) is 0 Å². The number of carbonyl (C=O) groups is 1. The van der Waals surface area contributed by atoms with Gasteiger partial charge < -0.3 is 29.9 Å². The van der Waals surface area contributed by atoms with Crippen molar-refractivity contribution in [2.75, 3.05) is 49.3 Å². The Hall–Kier alpha value is -4.97. The average Bonchev–Trinajstić information content (AvgIpc) is 3.90. The molecular formula is C43H52N10O6S. The third-order valence-corrected chi connectivity index (χ3v) is 15.9. The van der Waals surface area contributed by atoms with E-state index in [1.807, 2.05) is 67.1 Å². The van der Waals surface area contributed by atoms with Crippen molar-refractivity contribution >= 4 is 50.5 Å². The number of carboxylic acids is 1. The van der Waals surface area contributed by atoms with Crippen LogP contribution in [0.5, 0.6) is 0 Å². The fraction of sp³-hybridized carbons (Fsp3) is 0.535. The van der Waals surface area contributed by atoms with Crippen LogP contribution in [0, 0.1) is 35.5 Å². The zero-order valence-electron chi connectivity index (χ0n) is 34.7. The van der Waals surface area contributed by atoms with Crippen molar-refractivity contribution in [3.8, 4) is 11.1 Å². The van der Waals surface area contributed by atoms with E-state index in [4.69, 9.17) is 14.8 Å². The number of nitrogens with one attached hydrogen (secondary N) is 2. The Labute approximate surface area is 348 Å². The Morgan fingerprint density at radius 3 is 2.57 bits per heavy atom. The van der Waals surface area contributed by atoms with Crippen molar-refractivity contribution in [3.05, 3.63) is 65.1 Å². The molecule has 4 saturated carbocycles. The number of aromatic nitrogens is 7. The lowest BCUT2D eigenvalue weighted by Crippen LogP contribution is -2.81. The molecule has 316 valence electrons. The molecule has 1 aromatic carbocycles. The number of hydrogen-bond donors (Lipinski definition) is 4. The summed E-state index contributed by atoms with van der Waals surface area (Å²) in [6, 6.07) is 11.5. The predicted octanol–water partition coefficient (Wildman–Crippen LogP) is 6.32. The molecule has 4 N–H and O–H groups in total. The van der Waals surface area contributed by atoms with E-state index < -0.39 is 16.1 Å². The summed E-state index contributed by atoms with van der Waals surface area (Å²) in [7, 11) is -2.17. The van der Waals surface area contributed by atoms with Crippen molar-refractivity contribution in [1.82, 2.24) is 39.8 Å². The molecule has 17 heteroatoms. The molecule has 4 aromatic heterocycles. The van der Waals surface area contributed by atoms with Gasteiger partial charge in [-0.2, -0.15) is 13.5 Å². The number of fused-ring (bicyclic) bond motifs is 3. The molecule has 2 bridgehead atoms. The van der Waals surface area contributed by atoms with Crippen molar-refractivity contribution in [2.45, 2.75) is 84.8 Å². The number of likely N-dealkylation sites (N-methyl/N-ethyl adjacent to an activating group) is 1. The molecule has 0 saturated heterocycles. The number of aromatic carboxylic acids is 1. The summed E-state index contributed by atoms with van der Waals surface area (Å²) in [5.41, 5.74) is 6.10. The van der Waals surface area contributed by atoms with E-state index in [2.05, 4.69) is 44.0 Å². The van der Waals surface area contributed by atoms with E-state index in [0.29, 0.717) is 48.7 Å². The number of benzene rings is 1. The zero-order valence-corrected chi connectivity index (χ0v) is 35.6. The molecule has 5 aromatic rings. The Bertz CT molecular complexity index is 2670. The maximum Gasteiger partial charge on any atom is 0.355 e. The SMILES string of the molecule is Cc1c(Nc2nc3ccccc3[nH]2)nnc2c1CCCN2c1ccc(-c2cnn(CC34CC5(C)CC6(C)CC(OCCN(C)CCS(=O)(=O)O)(C3)C56C4)c2C)c(C(=O)O)n1. The fourth-order valence-electron chi connectivity index (χ4n) is 13.4. The number of anilines is 4. The van der Waals surface area contributed by atoms with Crippen LogP contribution in [0.2, 0.25) is 0 Å². The van der Waals surface area contributed by atoms with E-state index >= 15 is 0 Å². The first-order valence-electron chi connectivity index (χ1n) is 20.9. The first-order chi connectivity index (χ1) is 28.5. The van der Waals surface area contributed by atoms with Crippen LogP contribution in [-0.4, -0.2) is 109 Å². The van der Waals surface area contributed by atoms with Gasteiger partial charge in [0.05, 0.1) is 35.2 Å². The van der Waals surface area contributed by atoms with Crippen molar-refractivity contribution in [3.63, 3.8) is 0 Å². The highest BCUT2D eigenvalue weighted by Gasteiger charge is 2.93. The van der Waals surface area contributed by atoms with Crippen molar-refractivity contribution < 1.29 is 27.6 Å². The van der Waals surface area contributed by atoms with Gasteiger partial charge in [0.15, 0.2) is 17.3 Å². The molecule has 1 aliphatic heterocycles. The van der Waals surface area contributed by atoms with Crippen LogP contribution in [0.15, 0.2) is 42.6 Å². The van der Waals surface area contributed by atoms with Crippen LogP contribution in [0.1, 0.15) is 79.7 Å². The second kappa shape index (κ2) is 13.3. The fourth-order valence-corrected chi connectivity index (χ4v) is 13.9. The van der Waals surface area contributed by atoms with Crippen molar-refractivity contribution in [1.29, 1.82) is 0 Å².